The standard InChI is InChI=1S/C55H71NO17/c1-15-39-68-37-25-38-54(27-65-38,72-31(6)58)44-46(71-48(59)32-20-17-16-18-21-32)55(62)26-36(29(4)41(52(55,10)11)43(66-30(5)57)45(69-39)53(37,44)12)67-49(60)42-33(24-28(2)3)56(50(61)73-51(7,8)9)47(70-42)40-34(63-13)22-19-23-35(40)64-14/h15-23,28,33,36-39,42-47,62H,1,24-27H2,2-14H3/t33-,36-,37-,38+,39?,42+,43-,44-,45-,46-,47?,53+,54-,55+/m0/s1. The first-order valence-corrected chi connectivity index (χ1v) is 25.0. The average molecular weight is 1020 g/mol. The van der Waals surface area contributed by atoms with Crippen LogP contribution in [-0.4, -0.2) is 133 Å². The number of nitrogens with zero attached hydrogens (tertiary/aromatic N) is 1. The molecular weight excluding hydrogens is 947 g/mol. The summed E-state index contributed by atoms with van der Waals surface area (Å²) in [7, 11) is 2.93. The molecular formula is C55H71NO17. The topological polar surface area (TPSA) is 210 Å². The van der Waals surface area contributed by atoms with E-state index in [1.165, 1.54) is 39.0 Å². The monoisotopic (exact) mass is 1020 g/mol. The first-order chi connectivity index (χ1) is 34.3. The Morgan fingerprint density at radius 2 is 1.55 bits per heavy atom. The minimum atomic E-state index is -2.25. The van der Waals surface area contributed by atoms with Crippen molar-refractivity contribution in [1.82, 2.24) is 4.90 Å². The van der Waals surface area contributed by atoms with Crippen LogP contribution in [0.1, 0.15) is 118 Å². The van der Waals surface area contributed by atoms with Crippen LogP contribution in [0.15, 0.2) is 72.3 Å². The van der Waals surface area contributed by atoms with Gasteiger partial charge in [-0.2, -0.15) is 0 Å². The van der Waals surface area contributed by atoms with Gasteiger partial charge in [-0.3, -0.25) is 14.5 Å². The van der Waals surface area contributed by atoms with Crippen LogP contribution in [0.25, 0.3) is 0 Å². The second-order valence-corrected chi connectivity index (χ2v) is 22.3. The van der Waals surface area contributed by atoms with Crippen LogP contribution in [0.5, 0.6) is 11.5 Å². The molecule has 0 spiro atoms. The summed E-state index contributed by atoms with van der Waals surface area (Å²) in [5, 5.41) is 14.2. The van der Waals surface area contributed by atoms with E-state index in [1.807, 2.05) is 20.8 Å². The summed E-state index contributed by atoms with van der Waals surface area (Å²) in [6, 6.07) is 12.4. The third-order valence-corrected chi connectivity index (χ3v) is 15.9. The van der Waals surface area contributed by atoms with E-state index in [-0.39, 0.29) is 30.9 Å². The fourth-order valence-corrected chi connectivity index (χ4v) is 12.7. The molecule has 5 fully saturated rings. The quantitative estimate of drug-likeness (QED) is 0.125. The summed E-state index contributed by atoms with van der Waals surface area (Å²) < 4.78 is 70.2. The van der Waals surface area contributed by atoms with Gasteiger partial charge in [-0.25, -0.2) is 14.4 Å². The van der Waals surface area contributed by atoms with Gasteiger partial charge in [0, 0.05) is 37.5 Å². The Bertz CT molecular complexity index is 2500. The van der Waals surface area contributed by atoms with Gasteiger partial charge in [0.25, 0.3) is 0 Å². The van der Waals surface area contributed by atoms with Crippen molar-refractivity contribution in [3.63, 3.8) is 0 Å². The molecule has 3 heterocycles. The van der Waals surface area contributed by atoms with Gasteiger partial charge >= 0.3 is 30.0 Å². The number of fused-ring (bicyclic) bond motifs is 4. The van der Waals surface area contributed by atoms with Crippen LogP contribution in [0.4, 0.5) is 4.79 Å². The van der Waals surface area contributed by atoms with Crippen molar-refractivity contribution in [1.29, 1.82) is 0 Å². The maximum Gasteiger partial charge on any atom is 0.413 e. The first kappa shape index (κ1) is 53.8. The van der Waals surface area contributed by atoms with E-state index in [0.29, 0.717) is 28.2 Å². The van der Waals surface area contributed by atoms with E-state index in [9.17, 15) is 24.3 Å². The normalized spacial score (nSPS) is 35.2. The molecule has 0 aromatic heterocycles. The molecule has 18 nitrogen and oxygen atoms in total. The number of methoxy groups -OCH3 is 2. The smallest absolute Gasteiger partial charge is 0.413 e. The van der Waals surface area contributed by atoms with Crippen molar-refractivity contribution < 1.29 is 81.2 Å². The molecule has 1 N–H and O–H groups in total. The fraction of sp³-hybridized carbons (Fsp3) is 0.618. The second kappa shape index (κ2) is 19.6. The predicted molar refractivity (Wildman–Crippen MR) is 260 cm³/mol. The minimum absolute atomic E-state index is 0.0975. The highest BCUT2D eigenvalue weighted by Gasteiger charge is 2.80. The molecule has 6 aliphatic rings. The molecule has 2 bridgehead atoms. The van der Waals surface area contributed by atoms with Crippen molar-refractivity contribution in [2.24, 2.45) is 22.7 Å². The molecule has 1 amide bonds. The molecule has 3 saturated heterocycles. The molecule has 398 valence electrons. The number of carbonyl (C=O) groups excluding carboxylic acids is 5. The van der Waals surface area contributed by atoms with Crippen LogP contribution >= 0.6 is 0 Å². The van der Waals surface area contributed by atoms with Gasteiger partial charge in [0.05, 0.1) is 50.0 Å². The Kier molecular flexibility index (Phi) is 14.5. The third kappa shape index (κ3) is 9.08. The molecule has 8 rings (SSSR count). The number of ether oxygens (including phenoxy) is 11. The SMILES string of the molecule is C=CC1O[C@H]2C[C@H]3OC[C@@]3(OC(C)=O)[C@H]3[C@H](OC(=O)c4ccccc4)[C@]4(O)C[C@H](OC(=O)[C@@H]5OC(c6c(OC)cccc6OC)N(C(=O)OC(C)(C)C)[C@H]5CC(C)C)C(C)=C([C@H](OC(C)=O)[C@H](O1)[C@]23C)C4(C)C. The molecule has 73 heavy (non-hydrogen) atoms. The highest BCUT2D eigenvalue weighted by Crippen LogP contribution is 2.67. The molecule has 2 aromatic carbocycles. The lowest BCUT2D eigenvalue weighted by Crippen LogP contribution is -2.83. The summed E-state index contributed by atoms with van der Waals surface area (Å²) in [6.07, 6.45) is -10.1. The van der Waals surface area contributed by atoms with E-state index in [4.69, 9.17) is 52.1 Å². The Hall–Kier alpha value is -5.53. The molecule has 2 unspecified atom stereocenters. The molecule has 3 aliphatic carbocycles. The second-order valence-electron chi connectivity index (χ2n) is 22.3. The number of benzene rings is 2. The van der Waals surface area contributed by atoms with Crippen LogP contribution < -0.4 is 9.47 Å². The molecule has 2 aromatic rings. The Morgan fingerprint density at radius 3 is 2.10 bits per heavy atom. The number of carbonyl (C=O) groups is 5. The minimum Gasteiger partial charge on any atom is -0.496 e. The van der Waals surface area contributed by atoms with Gasteiger partial charge in [0.1, 0.15) is 47.1 Å². The molecule has 14 atom stereocenters. The zero-order chi connectivity index (χ0) is 53.3. The van der Waals surface area contributed by atoms with Gasteiger partial charge in [-0.15, -0.1) is 0 Å². The van der Waals surface area contributed by atoms with E-state index >= 15 is 4.79 Å². The molecule has 18 heteroatoms. The van der Waals surface area contributed by atoms with E-state index in [2.05, 4.69) is 6.58 Å². The van der Waals surface area contributed by atoms with Crippen LogP contribution in [0, 0.1) is 22.7 Å². The summed E-state index contributed by atoms with van der Waals surface area (Å²) >= 11 is 0. The van der Waals surface area contributed by atoms with Gasteiger partial charge < -0.3 is 57.2 Å². The summed E-state index contributed by atoms with van der Waals surface area (Å²) in [5.41, 5.74) is -6.43. The third-order valence-electron chi connectivity index (χ3n) is 15.9. The molecule has 3 aliphatic heterocycles. The Morgan fingerprint density at radius 1 is 0.890 bits per heavy atom. The summed E-state index contributed by atoms with van der Waals surface area (Å²) in [5.74, 6) is -3.71. The number of hydrogen-bond donors (Lipinski definition) is 1. The number of rotatable bonds is 12. The number of esters is 4. The number of hydrogen-bond acceptors (Lipinski definition) is 17. The Balaban J connectivity index is 1.33. The fourth-order valence-electron chi connectivity index (χ4n) is 12.7. The summed E-state index contributed by atoms with van der Waals surface area (Å²) in [4.78, 5) is 73.1. The number of aliphatic hydroxyl groups is 1. The van der Waals surface area contributed by atoms with Gasteiger partial charge in [-0.05, 0) is 81.5 Å². The maximum absolute atomic E-state index is 15.5. The summed E-state index contributed by atoms with van der Waals surface area (Å²) in [6.45, 7) is 22.5. The number of amides is 1. The highest BCUT2D eigenvalue weighted by molar-refractivity contribution is 5.89. The molecule has 2 saturated carbocycles. The highest BCUT2D eigenvalue weighted by atomic mass is 16.7. The van der Waals surface area contributed by atoms with Crippen molar-refractivity contribution in [3.05, 3.63) is 83.5 Å². The van der Waals surface area contributed by atoms with Crippen LogP contribution in [0.2, 0.25) is 0 Å². The van der Waals surface area contributed by atoms with Crippen LogP contribution in [0.3, 0.4) is 0 Å². The van der Waals surface area contributed by atoms with E-state index in [0.717, 1.165) is 0 Å². The lowest BCUT2D eigenvalue weighted by atomic mass is 9.44. The van der Waals surface area contributed by atoms with Crippen molar-refractivity contribution in [3.8, 4) is 11.5 Å². The van der Waals surface area contributed by atoms with E-state index in [1.54, 1.807) is 90.1 Å². The zero-order valence-corrected chi connectivity index (χ0v) is 44.1. The first-order valence-electron chi connectivity index (χ1n) is 25.0. The Labute approximate surface area is 426 Å². The molecule has 0 radical (unpaired) electrons. The zero-order valence-electron chi connectivity index (χ0n) is 44.1. The predicted octanol–water partition coefficient (Wildman–Crippen LogP) is 7.34. The lowest BCUT2D eigenvalue weighted by molar-refractivity contribution is -0.405. The maximum atomic E-state index is 15.5. The van der Waals surface area contributed by atoms with Crippen molar-refractivity contribution in [2.75, 3.05) is 20.8 Å². The van der Waals surface area contributed by atoms with Crippen molar-refractivity contribution >= 4 is 30.0 Å². The van der Waals surface area contributed by atoms with E-state index < -0.39 is 131 Å². The average Bonchev–Trinajstić information content (AvgIpc) is 3.68. The van der Waals surface area contributed by atoms with Gasteiger partial charge in [0.2, 0.25) is 0 Å². The van der Waals surface area contributed by atoms with Gasteiger partial charge in [-0.1, -0.05) is 65.5 Å². The van der Waals surface area contributed by atoms with Gasteiger partial charge in [0.15, 0.2) is 30.3 Å². The van der Waals surface area contributed by atoms with Crippen molar-refractivity contribution in [2.45, 2.75) is 174 Å². The largest absolute Gasteiger partial charge is 0.496 e. The van der Waals surface area contributed by atoms with Crippen LogP contribution in [-0.2, 0) is 57.0 Å². The lowest BCUT2D eigenvalue weighted by Gasteiger charge is -2.71.